The summed E-state index contributed by atoms with van der Waals surface area (Å²) in [6, 6.07) is 7.78. The van der Waals surface area contributed by atoms with Crippen molar-refractivity contribution in [2.45, 2.75) is 19.4 Å². The Balaban J connectivity index is 1.95. The van der Waals surface area contributed by atoms with Gasteiger partial charge in [-0.25, -0.2) is 0 Å². The lowest BCUT2D eigenvalue weighted by molar-refractivity contribution is 0.174. The average molecular weight is 233 g/mol. The Labute approximate surface area is 99.6 Å². The van der Waals surface area contributed by atoms with Gasteiger partial charge in [0.25, 0.3) is 0 Å². The van der Waals surface area contributed by atoms with Crippen LogP contribution in [0.25, 0.3) is 0 Å². The summed E-state index contributed by atoms with van der Waals surface area (Å²) < 4.78 is 10.0. The molecule has 1 aromatic heterocycles. The number of hydrogen-bond donors (Lipinski definition) is 1. The van der Waals surface area contributed by atoms with Crippen molar-refractivity contribution in [1.82, 2.24) is 10.1 Å². The lowest BCUT2D eigenvalue weighted by Gasteiger charge is -2.02. The molecule has 0 saturated heterocycles. The van der Waals surface area contributed by atoms with Crippen molar-refractivity contribution < 1.29 is 9.26 Å². The molecule has 17 heavy (non-hydrogen) atoms. The van der Waals surface area contributed by atoms with Crippen LogP contribution in [0.5, 0.6) is 0 Å². The van der Waals surface area contributed by atoms with Gasteiger partial charge in [0, 0.05) is 19.2 Å². The molecule has 2 rings (SSSR count). The molecule has 0 radical (unpaired) electrons. The summed E-state index contributed by atoms with van der Waals surface area (Å²) in [7, 11) is 1.60. The third-order valence-corrected chi connectivity index (χ3v) is 2.45. The minimum atomic E-state index is 0.372. The Kier molecular flexibility index (Phi) is 3.72. The minimum absolute atomic E-state index is 0.372. The Morgan fingerprint density at radius 2 is 2.12 bits per heavy atom. The molecular formula is C12H15N3O2. The molecule has 0 unspecified atom stereocenters. The quantitative estimate of drug-likeness (QED) is 0.794. The van der Waals surface area contributed by atoms with Crippen molar-refractivity contribution in [3.63, 3.8) is 0 Å². The lowest BCUT2D eigenvalue weighted by Crippen LogP contribution is -1.97. The highest BCUT2D eigenvalue weighted by atomic mass is 16.5. The molecule has 0 aliphatic rings. The van der Waals surface area contributed by atoms with E-state index >= 15 is 0 Å². The number of hydrogen-bond acceptors (Lipinski definition) is 5. The van der Waals surface area contributed by atoms with Crippen LogP contribution < -0.4 is 5.73 Å². The Morgan fingerprint density at radius 3 is 2.88 bits per heavy atom. The van der Waals surface area contributed by atoms with Crippen LogP contribution in [0.1, 0.15) is 17.3 Å². The van der Waals surface area contributed by atoms with Crippen LogP contribution in [0.4, 0.5) is 5.69 Å². The smallest absolute Gasteiger partial charge is 0.227 e. The zero-order valence-electron chi connectivity index (χ0n) is 9.72. The van der Waals surface area contributed by atoms with Crippen LogP contribution >= 0.6 is 0 Å². The zero-order chi connectivity index (χ0) is 12.1. The van der Waals surface area contributed by atoms with Gasteiger partial charge in [-0.3, -0.25) is 0 Å². The summed E-state index contributed by atoms with van der Waals surface area (Å²) >= 11 is 0. The van der Waals surface area contributed by atoms with Gasteiger partial charge in [-0.15, -0.1) is 0 Å². The van der Waals surface area contributed by atoms with Crippen molar-refractivity contribution in [2.24, 2.45) is 0 Å². The molecule has 2 aromatic rings. The number of rotatable bonds is 5. The highest BCUT2D eigenvalue weighted by molar-refractivity contribution is 5.46. The first-order valence-corrected chi connectivity index (χ1v) is 5.43. The van der Waals surface area contributed by atoms with E-state index in [0.29, 0.717) is 24.7 Å². The van der Waals surface area contributed by atoms with E-state index in [9.17, 15) is 0 Å². The number of nitrogen functional groups attached to an aromatic ring is 1. The van der Waals surface area contributed by atoms with Crippen molar-refractivity contribution in [1.29, 1.82) is 0 Å². The number of methoxy groups -OCH3 is 1. The van der Waals surface area contributed by atoms with Crippen molar-refractivity contribution in [3.8, 4) is 0 Å². The molecule has 5 heteroatoms. The zero-order valence-corrected chi connectivity index (χ0v) is 9.72. The van der Waals surface area contributed by atoms with Gasteiger partial charge < -0.3 is 15.0 Å². The molecule has 0 aliphatic carbocycles. The fourth-order valence-corrected chi connectivity index (χ4v) is 1.58. The normalized spacial score (nSPS) is 10.6. The lowest BCUT2D eigenvalue weighted by atomic mass is 10.1. The van der Waals surface area contributed by atoms with E-state index in [4.69, 9.17) is 15.0 Å². The van der Waals surface area contributed by atoms with Crippen molar-refractivity contribution >= 4 is 5.69 Å². The second-order valence-corrected chi connectivity index (χ2v) is 3.74. The molecule has 0 amide bonds. The van der Waals surface area contributed by atoms with Crippen LogP contribution in [0, 0.1) is 0 Å². The minimum Gasteiger partial charge on any atom is -0.399 e. The molecule has 1 aromatic carbocycles. The summed E-state index contributed by atoms with van der Waals surface area (Å²) in [4.78, 5) is 4.20. The molecule has 2 N–H and O–H groups in total. The third kappa shape index (κ3) is 3.04. The van der Waals surface area contributed by atoms with E-state index in [2.05, 4.69) is 10.1 Å². The Hall–Kier alpha value is -1.88. The molecule has 0 spiro atoms. The SMILES string of the molecule is COCc1noc(CCc2ccccc2N)n1. The fourth-order valence-electron chi connectivity index (χ4n) is 1.58. The topological polar surface area (TPSA) is 74.2 Å². The van der Waals surface area contributed by atoms with E-state index in [-0.39, 0.29) is 0 Å². The molecule has 0 fully saturated rings. The van der Waals surface area contributed by atoms with Gasteiger partial charge in [0.1, 0.15) is 6.61 Å². The van der Waals surface area contributed by atoms with E-state index < -0.39 is 0 Å². The van der Waals surface area contributed by atoms with Gasteiger partial charge in [0.2, 0.25) is 5.89 Å². The first-order valence-electron chi connectivity index (χ1n) is 5.43. The molecule has 0 aliphatic heterocycles. The fraction of sp³-hybridized carbons (Fsp3) is 0.333. The number of ether oxygens (including phenoxy) is 1. The van der Waals surface area contributed by atoms with Crippen molar-refractivity contribution in [3.05, 3.63) is 41.5 Å². The first-order chi connectivity index (χ1) is 8.29. The average Bonchev–Trinajstić information content (AvgIpc) is 2.76. The van der Waals surface area contributed by atoms with Crippen LogP contribution in [0.15, 0.2) is 28.8 Å². The second kappa shape index (κ2) is 5.45. The van der Waals surface area contributed by atoms with Crippen molar-refractivity contribution in [2.75, 3.05) is 12.8 Å². The van der Waals surface area contributed by atoms with Gasteiger partial charge in [0.05, 0.1) is 0 Å². The maximum Gasteiger partial charge on any atom is 0.227 e. The van der Waals surface area contributed by atoms with Crippen LogP contribution in [0.2, 0.25) is 0 Å². The van der Waals surface area contributed by atoms with Gasteiger partial charge in [-0.2, -0.15) is 4.98 Å². The Bertz CT molecular complexity index is 482. The molecular weight excluding hydrogens is 218 g/mol. The van der Waals surface area contributed by atoms with Gasteiger partial charge in [0.15, 0.2) is 5.82 Å². The number of para-hydroxylation sites is 1. The maximum atomic E-state index is 5.85. The van der Waals surface area contributed by atoms with Gasteiger partial charge in [-0.05, 0) is 18.1 Å². The predicted octanol–water partition coefficient (Wildman–Crippen LogP) is 1.58. The second-order valence-electron chi connectivity index (χ2n) is 3.74. The van der Waals surface area contributed by atoms with Crippen LogP contribution in [0.3, 0.4) is 0 Å². The molecule has 5 nitrogen and oxygen atoms in total. The number of aromatic nitrogens is 2. The number of nitrogens with two attached hydrogens (primary N) is 1. The highest BCUT2D eigenvalue weighted by Crippen LogP contribution is 2.13. The third-order valence-electron chi connectivity index (χ3n) is 2.45. The molecule has 1 heterocycles. The molecule has 0 atom stereocenters. The van der Waals surface area contributed by atoms with Crippen LogP contribution in [-0.2, 0) is 24.2 Å². The monoisotopic (exact) mass is 233 g/mol. The maximum absolute atomic E-state index is 5.85. The van der Waals surface area contributed by atoms with E-state index in [1.807, 2.05) is 24.3 Å². The summed E-state index contributed by atoms with van der Waals surface area (Å²) in [6.45, 7) is 0.372. The summed E-state index contributed by atoms with van der Waals surface area (Å²) in [6.07, 6.45) is 1.48. The molecule has 0 bridgehead atoms. The molecule has 0 saturated carbocycles. The van der Waals surface area contributed by atoms with E-state index in [0.717, 1.165) is 17.7 Å². The summed E-state index contributed by atoms with van der Waals surface area (Å²) in [5.74, 6) is 1.18. The van der Waals surface area contributed by atoms with E-state index in [1.165, 1.54) is 0 Å². The standard InChI is InChI=1S/C12H15N3O2/c1-16-8-11-14-12(17-15-11)7-6-9-4-2-3-5-10(9)13/h2-5H,6-8,13H2,1H3. The number of aryl methyl sites for hydroxylation is 2. The largest absolute Gasteiger partial charge is 0.399 e. The van der Waals surface area contributed by atoms with Crippen LogP contribution in [-0.4, -0.2) is 17.3 Å². The number of anilines is 1. The first kappa shape index (κ1) is 11.6. The number of nitrogens with zero attached hydrogens (tertiary/aromatic N) is 2. The molecule has 90 valence electrons. The Morgan fingerprint density at radius 1 is 1.29 bits per heavy atom. The van der Waals surface area contributed by atoms with Gasteiger partial charge >= 0.3 is 0 Å². The van der Waals surface area contributed by atoms with Gasteiger partial charge in [-0.1, -0.05) is 23.4 Å². The summed E-state index contributed by atoms with van der Waals surface area (Å²) in [5.41, 5.74) is 7.74. The predicted molar refractivity (Wildman–Crippen MR) is 63.3 cm³/mol. The summed E-state index contributed by atoms with van der Waals surface area (Å²) in [5, 5.41) is 3.80. The highest BCUT2D eigenvalue weighted by Gasteiger charge is 2.07. The number of benzene rings is 1. The van der Waals surface area contributed by atoms with E-state index in [1.54, 1.807) is 7.11 Å².